The highest BCUT2D eigenvalue weighted by molar-refractivity contribution is 6.74. The zero-order chi connectivity index (χ0) is 25.7. The summed E-state index contributed by atoms with van der Waals surface area (Å²) in [6.45, 7) is 29.1. The molecule has 1 aliphatic carbocycles. The first-order valence-electron chi connectivity index (χ1n) is 13.1. The molecule has 4 unspecified atom stereocenters. The Bertz CT molecular complexity index is 668. The van der Waals surface area contributed by atoms with Gasteiger partial charge in [-0.3, -0.25) is 4.79 Å². The number of hydrogen-bond donors (Lipinski definition) is 0. The van der Waals surface area contributed by atoms with Crippen LogP contribution in [0.4, 0.5) is 0 Å². The Balaban J connectivity index is 3.20. The Kier molecular flexibility index (Phi) is 11.1. The van der Waals surface area contributed by atoms with Gasteiger partial charge in [-0.15, -0.1) is 6.58 Å². The van der Waals surface area contributed by atoms with Gasteiger partial charge < -0.3 is 8.85 Å². The summed E-state index contributed by atoms with van der Waals surface area (Å²) in [6.07, 6.45) is 12.4. The summed E-state index contributed by atoms with van der Waals surface area (Å²) in [5.41, 5.74) is 0. The molecule has 0 bridgehead atoms. The average Bonchev–Trinajstić information content (AvgIpc) is 2.92. The summed E-state index contributed by atoms with van der Waals surface area (Å²) in [6, 6.07) is 0. The molecule has 0 saturated heterocycles. The van der Waals surface area contributed by atoms with Crippen molar-refractivity contribution in [3.05, 3.63) is 24.8 Å². The zero-order valence-corrected chi connectivity index (χ0v) is 25.7. The number of rotatable bonds is 12. The van der Waals surface area contributed by atoms with Crippen molar-refractivity contribution in [2.75, 3.05) is 0 Å². The van der Waals surface area contributed by atoms with Gasteiger partial charge in [0, 0.05) is 18.3 Å². The summed E-state index contributed by atoms with van der Waals surface area (Å²) in [4.78, 5) is 13.0. The van der Waals surface area contributed by atoms with Crippen LogP contribution in [0.5, 0.6) is 0 Å². The van der Waals surface area contributed by atoms with Gasteiger partial charge in [0.2, 0.25) is 0 Å². The molecule has 3 nitrogen and oxygen atoms in total. The summed E-state index contributed by atoms with van der Waals surface area (Å²) in [5, 5.41) is 0.293. The molecule has 4 atom stereocenters. The second kappa shape index (κ2) is 12.0. The van der Waals surface area contributed by atoms with Crippen LogP contribution in [0, 0.1) is 11.8 Å². The molecule has 0 aromatic carbocycles. The van der Waals surface area contributed by atoms with Gasteiger partial charge in [-0.2, -0.15) is 0 Å². The van der Waals surface area contributed by atoms with E-state index in [2.05, 4.69) is 93.4 Å². The molecule has 0 aliphatic heterocycles. The van der Waals surface area contributed by atoms with E-state index in [0.29, 0.717) is 12.2 Å². The Hall–Kier alpha value is -0.496. The molecule has 33 heavy (non-hydrogen) atoms. The maximum absolute atomic E-state index is 13.0. The first-order valence-corrected chi connectivity index (χ1v) is 19.0. The molecule has 0 amide bonds. The third-order valence-electron chi connectivity index (χ3n) is 8.28. The smallest absolute Gasteiger partial charge is 0.192 e. The Morgan fingerprint density at radius 1 is 1.03 bits per heavy atom. The second-order valence-corrected chi connectivity index (χ2v) is 22.6. The van der Waals surface area contributed by atoms with Crippen LogP contribution in [-0.2, 0) is 13.6 Å². The van der Waals surface area contributed by atoms with E-state index in [1.807, 2.05) is 6.08 Å². The second-order valence-electron chi connectivity index (χ2n) is 13.1. The van der Waals surface area contributed by atoms with Crippen LogP contribution in [0.3, 0.4) is 0 Å². The van der Waals surface area contributed by atoms with E-state index in [0.717, 1.165) is 12.8 Å². The molecule has 1 saturated carbocycles. The lowest BCUT2D eigenvalue weighted by atomic mass is 9.90. The largest absolute Gasteiger partial charge is 0.413 e. The predicted octanol–water partition coefficient (Wildman–Crippen LogP) is 8.69. The highest BCUT2D eigenvalue weighted by atomic mass is 28.4. The normalized spacial score (nSPS) is 24.0. The molecular formula is C28H54O3Si2. The number of carbonyl (C=O) groups excluding carboxylic acids is 1. The number of carbonyl (C=O) groups is 1. The van der Waals surface area contributed by atoms with Gasteiger partial charge in [0.25, 0.3) is 0 Å². The van der Waals surface area contributed by atoms with Crippen molar-refractivity contribution in [3.63, 3.8) is 0 Å². The summed E-state index contributed by atoms with van der Waals surface area (Å²) >= 11 is 0. The molecular weight excluding hydrogens is 440 g/mol. The van der Waals surface area contributed by atoms with Crippen LogP contribution < -0.4 is 0 Å². The molecule has 192 valence electrons. The summed E-state index contributed by atoms with van der Waals surface area (Å²) < 4.78 is 13.6. The minimum atomic E-state index is -1.98. The molecule has 0 N–H and O–H groups in total. The quantitative estimate of drug-likeness (QED) is 0.155. The van der Waals surface area contributed by atoms with Crippen molar-refractivity contribution in [2.45, 2.75) is 135 Å². The first-order chi connectivity index (χ1) is 15.0. The van der Waals surface area contributed by atoms with Crippen LogP contribution in [0.15, 0.2) is 24.8 Å². The molecule has 0 radical (unpaired) electrons. The van der Waals surface area contributed by atoms with E-state index in [9.17, 15) is 4.79 Å². The third kappa shape index (κ3) is 8.59. The molecule has 1 fully saturated rings. The van der Waals surface area contributed by atoms with E-state index in [-0.39, 0.29) is 34.1 Å². The van der Waals surface area contributed by atoms with Crippen molar-refractivity contribution in [1.29, 1.82) is 0 Å². The standard InChI is InChI=1S/C28H54O3Si2/c1-13-15-16-18-22(30-32(9,10)27(3,4)5)19-20-24-23(17-14-2)25(29)21-26(24)31-33(11,12)28(6,7)8/h14,19-20,22-24,26H,2,13,15-18,21H2,1,3-12H3. The van der Waals surface area contributed by atoms with Gasteiger partial charge >= 0.3 is 0 Å². The predicted molar refractivity (Wildman–Crippen MR) is 149 cm³/mol. The van der Waals surface area contributed by atoms with Crippen molar-refractivity contribution in [3.8, 4) is 0 Å². The van der Waals surface area contributed by atoms with E-state index in [4.69, 9.17) is 8.85 Å². The zero-order valence-electron chi connectivity index (χ0n) is 23.7. The van der Waals surface area contributed by atoms with Crippen LogP contribution in [-0.4, -0.2) is 34.6 Å². The molecule has 0 spiro atoms. The van der Waals surface area contributed by atoms with Crippen LogP contribution >= 0.6 is 0 Å². The molecule has 5 heteroatoms. The van der Waals surface area contributed by atoms with Crippen LogP contribution in [0.25, 0.3) is 0 Å². The maximum Gasteiger partial charge on any atom is 0.192 e. The van der Waals surface area contributed by atoms with Crippen LogP contribution in [0.2, 0.25) is 36.3 Å². The first kappa shape index (κ1) is 30.5. The Labute approximate surface area is 208 Å². The third-order valence-corrected chi connectivity index (χ3v) is 17.3. The van der Waals surface area contributed by atoms with Gasteiger partial charge in [-0.05, 0) is 49.1 Å². The lowest BCUT2D eigenvalue weighted by molar-refractivity contribution is -0.121. The highest BCUT2D eigenvalue weighted by Gasteiger charge is 2.47. The van der Waals surface area contributed by atoms with Gasteiger partial charge in [0.1, 0.15) is 5.78 Å². The Morgan fingerprint density at radius 3 is 2.09 bits per heavy atom. The lowest BCUT2D eigenvalue weighted by Crippen LogP contribution is -2.45. The van der Waals surface area contributed by atoms with Gasteiger partial charge in [0.15, 0.2) is 16.6 Å². The molecule has 1 rings (SSSR count). The van der Waals surface area contributed by atoms with Crippen molar-refractivity contribution < 1.29 is 13.6 Å². The van der Waals surface area contributed by atoms with E-state index >= 15 is 0 Å². The van der Waals surface area contributed by atoms with E-state index in [1.54, 1.807) is 0 Å². The molecule has 1 aliphatic rings. The van der Waals surface area contributed by atoms with Gasteiger partial charge in [-0.25, -0.2) is 0 Å². The van der Waals surface area contributed by atoms with Crippen molar-refractivity contribution in [2.24, 2.45) is 11.8 Å². The maximum atomic E-state index is 13.0. The number of ketones is 1. The number of unbranched alkanes of at least 4 members (excludes halogenated alkanes) is 2. The van der Waals surface area contributed by atoms with Gasteiger partial charge in [0.05, 0.1) is 12.2 Å². The topological polar surface area (TPSA) is 35.5 Å². The fraction of sp³-hybridized carbons (Fsp3) is 0.821. The fourth-order valence-electron chi connectivity index (χ4n) is 3.96. The highest BCUT2D eigenvalue weighted by Crippen LogP contribution is 2.43. The number of Topliss-reactive ketones (excluding diaryl/α,β-unsaturated/α-hetero) is 1. The minimum Gasteiger partial charge on any atom is -0.413 e. The van der Waals surface area contributed by atoms with Crippen LogP contribution in [0.1, 0.15) is 87.0 Å². The average molecular weight is 495 g/mol. The van der Waals surface area contributed by atoms with Crippen molar-refractivity contribution >= 4 is 22.4 Å². The monoisotopic (exact) mass is 494 g/mol. The minimum absolute atomic E-state index is 0.0299. The Morgan fingerprint density at radius 2 is 1.61 bits per heavy atom. The summed E-state index contributed by atoms with van der Waals surface area (Å²) in [7, 11) is -3.86. The lowest BCUT2D eigenvalue weighted by Gasteiger charge is -2.40. The number of allylic oxidation sites excluding steroid dienone is 1. The van der Waals surface area contributed by atoms with Crippen molar-refractivity contribution in [1.82, 2.24) is 0 Å². The van der Waals surface area contributed by atoms with E-state index in [1.165, 1.54) is 19.3 Å². The SMILES string of the molecule is C=CCC1C(=O)CC(O[Si](C)(C)C(C)(C)C)C1C=CC(CCCCC)O[Si](C)(C)C(C)(C)C. The molecule has 0 heterocycles. The summed E-state index contributed by atoms with van der Waals surface area (Å²) in [5.74, 6) is 0.389. The molecule has 0 aromatic rings. The fourth-order valence-corrected chi connectivity index (χ4v) is 6.62. The van der Waals surface area contributed by atoms with Gasteiger partial charge in [-0.1, -0.05) is 86.0 Å². The number of hydrogen-bond acceptors (Lipinski definition) is 3. The van der Waals surface area contributed by atoms with E-state index < -0.39 is 16.6 Å². The molecule has 0 aromatic heterocycles.